The maximum atomic E-state index is 13.3. The van der Waals surface area contributed by atoms with Gasteiger partial charge in [0.05, 0.1) is 12.2 Å². The molecule has 1 aromatic heterocycles. The van der Waals surface area contributed by atoms with Crippen LogP contribution in [0.2, 0.25) is 0 Å². The van der Waals surface area contributed by atoms with Crippen molar-refractivity contribution in [3.63, 3.8) is 0 Å². The van der Waals surface area contributed by atoms with Crippen molar-refractivity contribution in [3.05, 3.63) is 24.3 Å². The summed E-state index contributed by atoms with van der Waals surface area (Å²) in [6.45, 7) is 12.1. The maximum Gasteiger partial charge on any atom is 0.374 e. The fourth-order valence-electron chi connectivity index (χ4n) is 3.68. The number of carboxylic acids is 1. The number of hydrogen-bond donors (Lipinski definition) is 5. The minimum atomic E-state index is -1.67. The van der Waals surface area contributed by atoms with Gasteiger partial charge in [0.2, 0.25) is 17.7 Å². The highest BCUT2D eigenvalue weighted by Crippen LogP contribution is 2.11. The highest BCUT2D eigenvalue weighted by Gasteiger charge is 2.34. The number of carboxylic acid groups (broad SMARTS) is 1. The molecule has 216 valence electrons. The molecule has 1 aromatic rings. The van der Waals surface area contributed by atoms with Crippen LogP contribution in [0.3, 0.4) is 0 Å². The number of nitrogens with zero attached hydrogens (tertiary/aromatic N) is 2. The van der Waals surface area contributed by atoms with E-state index < -0.39 is 65.5 Å². The maximum absolute atomic E-state index is 13.3. The summed E-state index contributed by atoms with van der Waals surface area (Å²) in [5.74, 6) is -6.13. The van der Waals surface area contributed by atoms with Crippen LogP contribution < -0.4 is 21.3 Å². The summed E-state index contributed by atoms with van der Waals surface area (Å²) in [4.78, 5) is 82.7. The standard InChI is InChI=1S/C26H40N6O7/c1-8-16(21(33)26(38)39)29-22(34)17(11-13(2)3)30-24(36)19(14(4)5)32-25(37)20(15(6)7)31-23(35)18-12-27-9-10-28-18/h9-10,12-17,19-20H,8,11H2,1-7H3,(H,29,34)(H,30,36)(H,31,35)(H,32,37)(H,38,39)/t16-,17-,19-,20-/m0/s1. The minimum Gasteiger partial charge on any atom is -0.475 e. The van der Waals surface area contributed by atoms with E-state index in [0.29, 0.717) is 0 Å². The second-order valence-electron chi connectivity index (χ2n) is 10.3. The highest BCUT2D eigenvalue weighted by molar-refractivity contribution is 6.35. The molecule has 0 saturated carbocycles. The molecule has 4 amide bonds. The van der Waals surface area contributed by atoms with Crippen molar-refractivity contribution in [2.75, 3.05) is 0 Å². The summed E-state index contributed by atoms with van der Waals surface area (Å²) in [6.07, 6.45) is 4.29. The van der Waals surface area contributed by atoms with Crippen molar-refractivity contribution in [2.45, 2.75) is 85.5 Å². The second kappa shape index (κ2) is 15.5. The summed E-state index contributed by atoms with van der Waals surface area (Å²) in [6, 6.07) is -4.37. The van der Waals surface area contributed by atoms with Crippen LogP contribution >= 0.6 is 0 Å². The lowest BCUT2D eigenvalue weighted by Gasteiger charge is -2.29. The molecule has 0 aromatic carbocycles. The smallest absolute Gasteiger partial charge is 0.374 e. The van der Waals surface area contributed by atoms with Crippen molar-refractivity contribution in [1.82, 2.24) is 31.2 Å². The van der Waals surface area contributed by atoms with E-state index >= 15 is 0 Å². The predicted octanol–water partition coefficient (Wildman–Crippen LogP) is 0.451. The molecule has 0 radical (unpaired) electrons. The summed E-state index contributed by atoms with van der Waals surface area (Å²) < 4.78 is 0. The zero-order valence-corrected chi connectivity index (χ0v) is 23.5. The Bertz CT molecular complexity index is 1030. The third-order valence-electron chi connectivity index (χ3n) is 5.87. The second-order valence-corrected chi connectivity index (χ2v) is 10.3. The van der Waals surface area contributed by atoms with Gasteiger partial charge in [-0.15, -0.1) is 0 Å². The number of carbonyl (C=O) groups excluding carboxylic acids is 5. The number of aromatic nitrogens is 2. The number of Topliss-reactive ketones (excluding diaryl/α,β-unsaturated/α-hetero) is 1. The molecule has 0 aliphatic carbocycles. The van der Waals surface area contributed by atoms with Gasteiger partial charge in [0, 0.05) is 12.4 Å². The summed E-state index contributed by atoms with van der Waals surface area (Å²) in [5.41, 5.74) is 0.0309. The first-order valence-electron chi connectivity index (χ1n) is 12.9. The third kappa shape index (κ3) is 10.4. The van der Waals surface area contributed by atoms with E-state index in [1.165, 1.54) is 18.6 Å². The lowest BCUT2D eigenvalue weighted by molar-refractivity contribution is -0.150. The minimum absolute atomic E-state index is 0.0309. The normalized spacial score (nSPS) is 14.2. The van der Waals surface area contributed by atoms with Gasteiger partial charge in [-0.1, -0.05) is 48.5 Å². The van der Waals surface area contributed by atoms with E-state index in [1.54, 1.807) is 34.6 Å². The highest BCUT2D eigenvalue weighted by atomic mass is 16.4. The van der Waals surface area contributed by atoms with E-state index in [9.17, 15) is 28.8 Å². The molecule has 0 saturated heterocycles. The van der Waals surface area contributed by atoms with Crippen molar-refractivity contribution in [3.8, 4) is 0 Å². The first kappa shape index (κ1) is 33.1. The van der Waals surface area contributed by atoms with Crippen molar-refractivity contribution < 1.29 is 33.9 Å². The number of carbonyl (C=O) groups is 6. The van der Waals surface area contributed by atoms with Gasteiger partial charge in [-0.25, -0.2) is 9.78 Å². The molecule has 1 rings (SSSR count). The van der Waals surface area contributed by atoms with Gasteiger partial charge < -0.3 is 26.4 Å². The summed E-state index contributed by atoms with van der Waals surface area (Å²) in [7, 11) is 0. The lowest BCUT2D eigenvalue weighted by Crippen LogP contribution is -2.60. The number of rotatable bonds is 15. The van der Waals surface area contributed by atoms with Crippen molar-refractivity contribution in [1.29, 1.82) is 0 Å². The molecule has 0 bridgehead atoms. The first-order valence-corrected chi connectivity index (χ1v) is 12.9. The van der Waals surface area contributed by atoms with Gasteiger partial charge in [-0.2, -0.15) is 0 Å². The quantitative estimate of drug-likeness (QED) is 0.193. The van der Waals surface area contributed by atoms with E-state index in [1.807, 2.05) is 13.8 Å². The monoisotopic (exact) mass is 548 g/mol. The lowest BCUT2D eigenvalue weighted by atomic mass is 9.98. The molecular weight excluding hydrogens is 508 g/mol. The Morgan fingerprint density at radius 2 is 1.31 bits per heavy atom. The van der Waals surface area contributed by atoms with Crippen LogP contribution in [0.25, 0.3) is 0 Å². The van der Waals surface area contributed by atoms with Crippen LogP contribution in [0.5, 0.6) is 0 Å². The van der Waals surface area contributed by atoms with Gasteiger partial charge in [-0.05, 0) is 30.6 Å². The number of amides is 4. The van der Waals surface area contributed by atoms with E-state index in [0.717, 1.165) is 0 Å². The molecule has 1 heterocycles. The van der Waals surface area contributed by atoms with E-state index in [2.05, 4.69) is 31.2 Å². The SMILES string of the molecule is CC[C@H](NC(=O)[C@H](CC(C)C)NC(=O)[C@@H](NC(=O)[C@@H](NC(=O)c1cnccn1)C(C)C)C(C)C)C(=O)C(=O)O. The van der Waals surface area contributed by atoms with Crippen LogP contribution in [0.4, 0.5) is 0 Å². The molecule has 13 nitrogen and oxygen atoms in total. The molecule has 39 heavy (non-hydrogen) atoms. The van der Waals surface area contributed by atoms with Gasteiger partial charge >= 0.3 is 5.97 Å². The molecule has 4 atom stereocenters. The Balaban J connectivity index is 3.06. The first-order chi connectivity index (χ1) is 18.2. The van der Waals surface area contributed by atoms with E-state index in [-0.39, 0.29) is 30.4 Å². The van der Waals surface area contributed by atoms with Crippen LogP contribution in [-0.4, -0.2) is 74.6 Å². The number of ketones is 1. The molecule has 0 aliphatic heterocycles. The van der Waals surface area contributed by atoms with Crippen molar-refractivity contribution >= 4 is 35.4 Å². The van der Waals surface area contributed by atoms with Crippen molar-refractivity contribution in [2.24, 2.45) is 17.8 Å². The molecule has 0 aliphatic rings. The Morgan fingerprint density at radius 1 is 0.769 bits per heavy atom. The van der Waals surface area contributed by atoms with Gasteiger partial charge in [0.25, 0.3) is 11.7 Å². The number of aliphatic carboxylic acids is 1. The average Bonchev–Trinajstić information content (AvgIpc) is 2.87. The number of hydrogen-bond acceptors (Lipinski definition) is 8. The Hall–Kier alpha value is -3.90. The van der Waals surface area contributed by atoms with Gasteiger partial charge in [-0.3, -0.25) is 29.0 Å². The topological polar surface area (TPSA) is 197 Å². The fraction of sp³-hybridized carbons (Fsp3) is 0.615. The van der Waals surface area contributed by atoms with Gasteiger partial charge in [0.15, 0.2) is 0 Å². The Morgan fingerprint density at radius 3 is 1.77 bits per heavy atom. The van der Waals surface area contributed by atoms with E-state index in [4.69, 9.17) is 5.11 Å². The molecule has 5 N–H and O–H groups in total. The fourth-order valence-corrected chi connectivity index (χ4v) is 3.68. The van der Waals surface area contributed by atoms with Crippen LogP contribution in [0.15, 0.2) is 18.6 Å². The molecule has 0 fully saturated rings. The summed E-state index contributed by atoms with van der Waals surface area (Å²) >= 11 is 0. The Labute approximate surface area is 228 Å². The Kier molecular flexibility index (Phi) is 13.2. The zero-order valence-electron chi connectivity index (χ0n) is 23.5. The largest absolute Gasteiger partial charge is 0.475 e. The average molecular weight is 549 g/mol. The predicted molar refractivity (Wildman–Crippen MR) is 141 cm³/mol. The van der Waals surface area contributed by atoms with Crippen LogP contribution in [-0.2, 0) is 24.0 Å². The number of nitrogens with one attached hydrogen (secondary N) is 4. The molecular formula is C26H40N6O7. The van der Waals surface area contributed by atoms with Gasteiger partial charge in [0.1, 0.15) is 23.8 Å². The summed E-state index contributed by atoms with van der Waals surface area (Å²) in [5, 5.41) is 19.3. The third-order valence-corrected chi connectivity index (χ3v) is 5.87. The molecule has 13 heteroatoms. The van der Waals surface area contributed by atoms with Crippen LogP contribution in [0.1, 0.15) is 71.8 Å². The zero-order chi connectivity index (χ0) is 29.9. The van der Waals surface area contributed by atoms with Crippen LogP contribution in [0, 0.1) is 17.8 Å². The molecule has 0 spiro atoms. The molecule has 0 unspecified atom stereocenters.